The fraction of sp³-hybridized carbons (Fsp3) is 0.476. The van der Waals surface area contributed by atoms with E-state index in [1.807, 2.05) is 31.2 Å². The number of carbonyl (C=O) groups excluding carboxylic acids is 2. The van der Waals surface area contributed by atoms with Crippen LogP contribution in [-0.4, -0.2) is 30.1 Å². The van der Waals surface area contributed by atoms with E-state index >= 15 is 0 Å². The van der Waals surface area contributed by atoms with Gasteiger partial charge in [0.15, 0.2) is 6.10 Å². The third-order valence-electron chi connectivity index (χ3n) is 4.56. The third kappa shape index (κ3) is 5.85. The van der Waals surface area contributed by atoms with Crippen molar-refractivity contribution in [3.63, 3.8) is 0 Å². The summed E-state index contributed by atoms with van der Waals surface area (Å²) in [6.45, 7) is 3.91. The summed E-state index contributed by atoms with van der Waals surface area (Å²) in [5.41, 5.74) is -0.0959. The minimum Gasteiger partial charge on any atom is -0.493 e. The highest BCUT2D eigenvalue weighted by Crippen LogP contribution is 2.27. The first-order valence-electron chi connectivity index (χ1n) is 9.33. The van der Waals surface area contributed by atoms with Crippen LogP contribution in [0.3, 0.4) is 0 Å². The van der Waals surface area contributed by atoms with Crippen LogP contribution in [0.25, 0.3) is 6.08 Å². The second-order valence-electron chi connectivity index (χ2n) is 6.63. The molecule has 1 atom stereocenters. The minimum absolute atomic E-state index is 0.449. The van der Waals surface area contributed by atoms with Crippen LogP contribution in [0.5, 0.6) is 5.75 Å². The van der Waals surface area contributed by atoms with Gasteiger partial charge in [-0.3, -0.25) is 4.79 Å². The molecule has 1 aliphatic carbocycles. The number of amides is 1. The Labute approximate surface area is 160 Å². The molecule has 0 aliphatic heterocycles. The zero-order valence-electron chi connectivity index (χ0n) is 15.9. The molecule has 144 valence electrons. The van der Waals surface area contributed by atoms with E-state index in [2.05, 4.69) is 11.4 Å². The smallest absolute Gasteiger partial charge is 0.331 e. The number of rotatable bonds is 7. The lowest BCUT2D eigenvalue weighted by Gasteiger charge is -2.32. The molecule has 6 heteroatoms. The van der Waals surface area contributed by atoms with Gasteiger partial charge in [-0.15, -0.1) is 0 Å². The maximum absolute atomic E-state index is 12.3. The molecule has 0 radical (unpaired) electrons. The Kier molecular flexibility index (Phi) is 7.42. The van der Waals surface area contributed by atoms with Crippen molar-refractivity contribution in [3.05, 3.63) is 35.9 Å². The number of nitriles is 1. The number of nitrogens with one attached hydrogen (secondary N) is 1. The van der Waals surface area contributed by atoms with Crippen LogP contribution in [0, 0.1) is 11.3 Å². The van der Waals surface area contributed by atoms with Gasteiger partial charge in [-0.05, 0) is 38.8 Å². The van der Waals surface area contributed by atoms with Gasteiger partial charge in [0.1, 0.15) is 11.3 Å². The van der Waals surface area contributed by atoms with Crippen LogP contribution in [0.1, 0.15) is 51.5 Å². The Hall–Kier alpha value is -2.81. The van der Waals surface area contributed by atoms with E-state index in [1.165, 1.54) is 13.0 Å². The van der Waals surface area contributed by atoms with Gasteiger partial charge in [0.05, 0.1) is 12.7 Å². The first-order valence-corrected chi connectivity index (χ1v) is 9.33. The van der Waals surface area contributed by atoms with Crippen molar-refractivity contribution >= 4 is 18.0 Å². The molecule has 1 aromatic rings. The summed E-state index contributed by atoms with van der Waals surface area (Å²) in [5.74, 6) is -0.406. The summed E-state index contributed by atoms with van der Waals surface area (Å²) < 4.78 is 10.7. The zero-order chi connectivity index (χ0) is 19.7. The molecule has 0 saturated heterocycles. The topological polar surface area (TPSA) is 88.4 Å². The largest absolute Gasteiger partial charge is 0.493 e. The molecule has 0 spiro atoms. The van der Waals surface area contributed by atoms with Crippen molar-refractivity contribution in [2.75, 3.05) is 6.61 Å². The summed E-state index contributed by atoms with van der Waals surface area (Å²) in [4.78, 5) is 24.4. The summed E-state index contributed by atoms with van der Waals surface area (Å²) in [7, 11) is 0. The van der Waals surface area contributed by atoms with Crippen LogP contribution >= 0.6 is 0 Å². The predicted octanol–water partition coefficient (Wildman–Crippen LogP) is 3.37. The number of hydrogen-bond donors (Lipinski definition) is 1. The molecule has 0 unspecified atom stereocenters. The first kappa shape index (κ1) is 20.5. The highest BCUT2D eigenvalue weighted by atomic mass is 16.5. The van der Waals surface area contributed by atoms with E-state index < -0.39 is 23.5 Å². The van der Waals surface area contributed by atoms with E-state index in [9.17, 15) is 14.9 Å². The molecule has 0 heterocycles. The van der Waals surface area contributed by atoms with Crippen molar-refractivity contribution < 1.29 is 19.1 Å². The molecular weight excluding hydrogens is 344 g/mol. The first-order chi connectivity index (χ1) is 13.0. The maximum Gasteiger partial charge on any atom is 0.331 e. The molecule has 1 amide bonds. The highest BCUT2D eigenvalue weighted by Gasteiger charge is 2.35. The normalized spacial score (nSPS) is 16.9. The van der Waals surface area contributed by atoms with Crippen molar-refractivity contribution in [1.82, 2.24) is 5.32 Å². The van der Waals surface area contributed by atoms with Crippen molar-refractivity contribution in [1.29, 1.82) is 5.26 Å². The molecule has 6 nitrogen and oxygen atoms in total. The summed E-state index contributed by atoms with van der Waals surface area (Å²) >= 11 is 0. The van der Waals surface area contributed by atoms with E-state index in [-0.39, 0.29) is 0 Å². The van der Waals surface area contributed by atoms with Gasteiger partial charge < -0.3 is 14.8 Å². The van der Waals surface area contributed by atoms with E-state index in [0.29, 0.717) is 25.2 Å². The van der Waals surface area contributed by atoms with Crippen molar-refractivity contribution in [3.8, 4) is 11.8 Å². The number of esters is 1. The summed E-state index contributed by atoms with van der Waals surface area (Å²) in [6.07, 6.45) is 6.02. The van der Waals surface area contributed by atoms with Crippen LogP contribution in [0.2, 0.25) is 0 Å². The fourth-order valence-electron chi connectivity index (χ4n) is 3.09. The number of benzene rings is 1. The monoisotopic (exact) mass is 370 g/mol. The van der Waals surface area contributed by atoms with Gasteiger partial charge in [-0.25, -0.2) is 4.79 Å². The number of carbonyl (C=O) groups is 2. The number of ether oxygens (including phenoxy) is 2. The van der Waals surface area contributed by atoms with E-state index in [0.717, 1.165) is 24.8 Å². The molecule has 1 aromatic carbocycles. The van der Waals surface area contributed by atoms with Crippen LogP contribution in [0.4, 0.5) is 0 Å². The lowest BCUT2D eigenvalue weighted by Crippen LogP contribution is -2.52. The average Bonchev–Trinajstić information content (AvgIpc) is 2.68. The lowest BCUT2D eigenvalue weighted by molar-refractivity contribution is -0.150. The van der Waals surface area contributed by atoms with Gasteiger partial charge in [-0.2, -0.15) is 5.26 Å². The van der Waals surface area contributed by atoms with Crippen molar-refractivity contribution in [2.24, 2.45) is 0 Å². The van der Waals surface area contributed by atoms with Gasteiger partial charge in [0, 0.05) is 11.6 Å². The molecule has 1 N–H and O–H groups in total. The Morgan fingerprint density at radius 2 is 2.00 bits per heavy atom. The summed E-state index contributed by atoms with van der Waals surface area (Å²) in [6, 6.07) is 9.55. The van der Waals surface area contributed by atoms with Crippen LogP contribution in [-0.2, 0) is 14.3 Å². The van der Waals surface area contributed by atoms with Crippen molar-refractivity contribution in [2.45, 2.75) is 57.6 Å². The average molecular weight is 370 g/mol. The SMILES string of the molecule is CCOc1ccccc1/C=C/C(=O)O[C@@H](C)C(=O)NC1(C#N)CCCCC1. The molecule has 0 bridgehead atoms. The van der Waals surface area contributed by atoms with Crippen LogP contribution in [0.15, 0.2) is 30.3 Å². The number of nitrogens with zero attached hydrogens (tertiary/aromatic N) is 1. The molecule has 2 rings (SSSR count). The van der Waals surface area contributed by atoms with Gasteiger partial charge >= 0.3 is 5.97 Å². The molecule has 1 aliphatic rings. The Morgan fingerprint density at radius 1 is 1.30 bits per heavy atom. The van der Waals surface area contributed by atoms with Gasteiger partial charge in [-0.1, -0.05) is 37.5 Å². The van der Waals surface area contributed by atoms with Gasteiger partial charge in [0.25, 0.3) is 5.91 Å². The van der Waals surface area contributed by atoms with Crippen LogP contribution < -0.4 is 10.1 Å². The molecule has 1 fully saturated rings. The highest BCUT2D eigenvalue weighted by molar-refractivity contribution is 5.91. The number of para-hydroxylation sites is 1. The standard InChI is InChI=1S/C21H26N2O4/c1-3-26-18-10-6-5-9-17(18)11-12-19(24)27-16(2)20(25)23-21(15-22)13-7-4-8-14-21/h5-6,9-12,16H,3-4,7-8,13-14H2,1-2H3,(H,23,25)/b12-11+/t16-/m0/s1. The minimum atomic E-state index is -0.976. The molecular formula is C21H26N2O4. The molecule has 27 heavy (non-hydrogen) atoms. The Balaban J connectivity index is 1.93. The number of hydrogen-bond acceptors (Lipinski definition) is 5. The van der Waals surface area contributed by atoms with Gasteiger partial charge in [0.2, 0.25) is 0 Å². The van der Waals surface area contributed by atoms with E-state index in [4.69, 9.17) is 9.47 Å². The maximum atomic E-state index is 12.3. The quantitative estimate of drug-likeness (QED) is 0.587. The zero-order valence-corrected chi connectivity index (χ0v) is 15.9. The predicted molar refractivity (Wildman–Crippen MR) is 102 cm³/mol. The lowest BCUT2D eigenvalue weighted by atomic mass is 9.83. The third-order valence-corrected chi connectivity index (χ3v) is 4.56. The Morgan fingerprint density at radius 3 is 2.67 bits per heavy atom. The summed E-state index contributed by atoms with van der Waals surface area (Å²) in [5, 5.41) is 12.2. The Bertz CT molecular complexity index is 730. The second kappa shape index (κ2) is 9.77. The van der Waals surface area contributed by atoms with E-state index in [1.54, 1.807) is 6.08 Å². The molecule has 0 aromatic heterocycles. The molecule has 1 saturated carbocycles. The second-order valence-corrected chi connectivity index (χ2v) is 6.63. The fourth-order valence-corrected chi connectivity index (χ4v) is 3.09.